The molecule has 2 aliphatic carbocycles. The number of alkyl carbamates (subject to hydrolysis) is 2. The highest BCUT2D eigenvalue weighted by molar-refractivity contribution is 5.68. The van der Waals surface area contributed by atoms with Crippen LogP contribution in [0.15, 0.2) is 48.5 Å². The number of hydrogen-bond acceptors (Lipinski definition) is 7. The Bertz CT molecular complexity index is 1410. The van der Waals surface area contributed by atoms with Crippen molar-refractivity contribution < 1.29 is 38.4 Å². The van der Waals surface area contributed by atoms with Gasteiger partial charge >= 0.3 is 12.2 Å². The van der Waals surface area contributed by atoms with Gasteiger partial charge in [0.1, 0.15) is 22.8 Å². The van der Waals surface area contributed by atoms with Gasteiger partial charge in [0.15, 0.2) is 0 Å². The van der Waals surface area contributed by atoms with Crippen molar-refractivity contribution in [3.63, 3.8) is 0 Å². The van der Waals surface area contributed by atoms with Gasteiger partial charge in [-0.3, -0.25) is 0 Å². The maximum absolute atomic E-state index is 13.1. The molecule has 45 heavy (non-hydrogen) atoms. The summed E-state index contributed by atoms with van der Waals surface area (Å²) in [6, 6.07) is 13.1. The van der Waals surface area contributed by atoms with E-state index in [9.17, 15) is 24.2 Å². The summed E-state index contributed by atoms with van der Waals surface area (Å²) in [5.41, 5.74) is -0.951. The van der Waals surface area contributed by atoms with E-state index in [1.165, 1.54) is 12.1 Å². The number of methoxy groups -OCH3 is 1. The summed E-state index contributed by atoms with van der Waals surface area (Å²) in [5, 5.41) is 26.7. The van der Waals surface area contributed by atoms with Crippen LogP contribution < -0.4 is 15.4 Å². The van der Waals surface area contributed by atoms with E-state index in [0.717, 1.165) is 37.0 Å². The summed E-state index contributed by atoms with van der Waals surface area (Å²) in [6.07, 6.45) is 4.13. The molecule has 4 N–H and O–H groups in total. The fraction of sp³-hybridized carbons (Fsp3) is 0.486. The largest absolute Gasteiger partial charge is 0.497 e. The van der Waals surface area contributed by atoms with Crippen molar-refractivity contribution in [3.8, 4) is 29.4 Å². The quantitative estimate of drug-likeness (QED) is 0.344. The zero-order chi connectivity index (χ0) is 32.7. The summed E-state index contributed by atoms with van der Waals surface area (Å²) in [7, 11) is 1.60. The Morgan fingerprint density at radius 2 is 1.33 bits per heavy atom. The molecule has 2 fully saturated rings. The Labute approximate surface area is 264 Å². The molecule has 2 aliphatic rings. The van der Waals surface area contributed by atoms with E-state index in [4.69, 9.17) is 14.2 Å². The van der Waals surface area contributed by atoms with Gasteiger partial charge in [-0.05, 0) is 88.8 Å². The van der Waals surface area contributed by atoms with Gasteiger partial charge in [-0.25, -0.2) is 14.0 Å². The minimum atomic E-state index is -1.17. The number of hydrogen-bond donors (Lipinski definition) is 4. The van der Waals surface area contributed by atoms with E-state index in [0.29, 0.717) is 44.5 Å². The van der Waals surface area contributed by atoms with Crippen LogP contribution >= 0.6 is 0 Å². The number of amides is 2. The fourth-order valence-corrected chi connectivity index (χ4v) is 5.30. The maximum atomic E-state index is 13.1. The van der Waals surface area contributed by atoms with Crippen molar-refractivity contribution in [2.45, 2.75) is 88.5 Å². The molecule has 2 saturated carbocycles. The third-order valence-corrected chi connectivity index (χ3v) is 7.42. The normalized spacial score (nSPS) is 23.7. The molecule has 2 aromatic carbocycles. The van der Waals surface area contributed by atoms with Crippen LogP contribution in [0.3, 0.4) is 0 Å². The van der Waals surface area contributed by atoms with Crippen LogP contribution in [0.1, 0.15) is 76.3 Å². The van der Waals surface area contributed by atoms with Gasteiger partial charge in [0.25, 0.3) is 0 Å². The number of aliphatic hydroxyl groups is 2. The number of ether oxygens (including phenoxy) is 3. The second-order valence-corrected chi connectivity index (χ2v) is 11.1. The highest BCUT2D eigenvalue weighted by Crippen LogP contribution is 2.29. The summed E-state index contributed by atoms with van der Waals surface area (Å²) in [5.74, 6) is 12.0. The van der Waals surface area contributed by atoms with E-state index < -0.39 is 23.4 Å². The molecule has 0 heterocycles. The van der Waals surface area contributed by atoms with Gasteiger partial charge in [-0.1, -0.05) is 35.8 Å². The lowest BCUT2D eigenvalue weighted by Crippen LogP contribution is -2.45. The van der Waals surface area contributed by atoms with Crippen molar-refractivity contribution in [1.29, 1.82) is 0 Å². The van der Waals surface area contributed by atoms with Gasteiger partial charge in [0.2, 0.25) is 0 Å². The predicted octanol–water partition coefficient (Wildman–Crippen LogP) is 5.06. The second-order valence-electron chi connectivity index (χ2n) is 11.1. The molecule has 242 valence electrons. The first-order valence-electron chi connectivity index (χ1n) is 15.3. The van der Waals surface area contributed by atoms with Crippen molar-refractivity contribution in [2.75, 3.05) is 20.3 Å². The Kier molecular flexibility index (Phi) is 13.5. The van der Waals surface area contributed by atoms with Crippen LogP contribution in [0.25, 0.3) is 0 Å². The number of carbonyl (C=O) groups is 2. The first-order chi connectivity index (χ1) is 21.5. The zero-order valence-corrected chi connectivity index (χ0v) is 26.2. The van der Waals surface area contributed by atoms with Crippen molar-refractivity contribution in [2.24, 2.45) is 0 Å². The molecule has 0 bridgehead atoms. The monoisotopic (exact) mass is 622 g/mol. The Morgan fingerprint density at radius 3 is 1.80 bits per heavy atom. The van der Waals surface area contributed by atoms with Gasteiger partial charge in [-0.2, -0.15) is 0 Å². The van der Waals surface area contributed by atoms with Crippen molar-refractivity contribution in [1.82, 2.24) is 10.6 Å². The van der Waals surface area contributed by atoms with Gasteiger partial charge in [-0.15, -0.1) is 0 Å². The zero-order valence-electron chi connectivity index (χ0n) is 26.2. The Hall–Kier alpha value is -4.25. The van der Waals surface area contributed by atoms with Gasteiger partial charge in [0.05, 0.1) is 20.3 Å². The second kappa shape index (κ2) is 17.3. The van der Waals surface area contributed by atoms with Crippen LogP contribution in [0, 0.1) is 29.5 Å². The molecule has 0 radical (unpaired) electrons. The van der Waals surface area contributed by atoms with E-state index in [1.807, 2.05) is 24.3 Å². The van der Waals surface area contributed by atoms with Gasteiger partial charge in [0, 0.05) is 36.1 Å². The van der Waals surface area contributed by atoms with Gasteiger partial charge < -0.3 is 35.1 Å². The third kappa shape index (κ3) is 12.3. The lowest BCUT2D eigenvalue weighted by atomic mass is 9.82. The number of halogens is 1. The molecule has 4 rings (SSSR count). The molecule has 10 heteroatoms. The first kappa shape index (κ1) is 35.2. The minimum absolute atomic E-state index is 0.118. The highest BCUT2D eigenvalue weighted by Gasteiger charge is 2.34. The summed E-state index contributed by atoms with van der Waals surface area (Å²) < 4.78 is 28.0. The number of carbonyl (C=O) groups excluding carboxylic acids is 2. The molecule has 0 spiro atoms. The Morgan fingerprint density at radius 1 is 0.844 bits per heavy atom. The van der Waals surface area contributed by atoms with Crippen LogP contribution in [0.4, 0.5) is 14.0 Å². The lowest BCUT2D eigenvalue weighted by molar-refractivity contribution is 0.0447. The molecule has 0 aliphatic heterocycles. The molecule has 9 nitrogen and oxygen atoms in total. The van der Waals surface area contributed by atoms with Crippen LogP contribution in [0.2, 0.25) is 0 Å². The van der Waals surface area contributed by atoms with E-state index in [2.05, 4.69) is 34.3 Å². The van der Waals surface area contributed by atoms with E-state index in [1.54, 1.807) is 33.1 Å². The molecular formula is C35H43FN2O7. The number of rotatable bonds is 5. The molecule has 2 aromatic rings. The SMILES string of the molecule is CCOC(=O)NC1CCCC(O)(C#Cc2cccc(F)c2)C1.CCOC(=O)NC1CCCC(O)(C#Cc2cccc(OC)c2)C1. The van der Waals surface area contributed by atoms with Crippen molar-refractivity contribution in [3.05, 3.63) is 65.5 Å². The van der Waals surface area contributed by atoms with Crippen LogP contribution in [0.5, 0.6) is 5.75 Å². The molecular weight excluding hydrogens is 579 g/mol. The molecule has 0 aromatic heterocycles. The maximum Gasteiger partial charge on any atom is 0.407 e. The molecule has 4 atom stereocenters. The molecule has 0 saturated heterocycles. The molecule has 4 unspecified atom stereocenters. The average molecular weight is 623 g/mol. The standard InChI is InChI=1S/C18H23NO4.C17H20FNO3/c1-3-23-17(20)19-15-7-5-10-18(21,13-15)11-9-14-6-4-8-16(12-14)22-2;1-2-22-16(20)19-15-7-4-9-17(21,12-15)10-8-13-5-3-6-14(18)11-13/h4,6,8,12,15,21H,3,5,7,10,13H2,1-2H3,(H,19,20);3,5-6,11,15,21H,2,4,7,9,12H2,1H3,(H,19,20). The summed E-state index contributed by atoms with van der Waals surface area (Å²) >= 11 is 0. The fourth-order valence-electron chi connectivity index (χ4n) is 5.30. The number of nitrogens with one attached hydrogen (secondary N) is 2. The first-order valence-corrected chi connectivity index (χ1v) is 15.3. The highest BCUT2D eigenvalue weighted by atomic mass is 19.1. The Balaban J connectivity index is 0.000000246. The smallest absolute Gasteiger partial charge is 0.407 e. The van der Waals surface area contributed by atoms with Crippen LogP contribution in [-0.4, -0.2) is 66.0 Å². The summed E-state index contributed by atoms with van der Waals surface area (Å²) in [6.45, 7) is 4.14. The van der Waals surface area contributed by atoms with Crippen LogP contribution in [-0.2, 0) is 9.47 Å². The van der Waals surface area contributed by atoms with E-state index in [-0.39, 0.29) is 17.9 Å². The molecule has 2 amide bonds. The lowest BCUT2D eigenvalue weighted by Gasteiger charge is -2.33. The topological polar surface area (TPSA) is 126 Å². The third-order valence-electron chi connectivity index (χ3n) is 7.42. The minimum Gasteiger partial charge on any atom is -0.497 e. The number of benzene rings is 2. The predicted molar refractivity (Wildman–Crippen MR) is 168 cm³/mol. The average Bonchev–Trinajstić information content (AvgIpc) is 3.00. The van der Waals surface area contributed by atoms with Crippen molar-refractivity contribution >= 4 is 12.2 Å². The van der Waals surface area contributed by atoms with E-state index >= 15 is 0 Å². The summed E-state index contributed by atoms with van der Waals surface area (Å²) in [4.78, 5) is 23.0.